The summed E-state index contributed by atoms with van der Waals surface area (Å²) < 4.78 is 26.1. The van der Waals surface area contributed by atoms with E-state index in [9.17, 15) is 19.2 Å². The Hall–Kier alpha value is -2.90. The predicted molar refractivity (Wildman–Crippen MR) is 135 cm³/mol. The van der Waals surface area contributed by atoms with Crippen molar-refractivity contribution in [3.63, 3.8) is 0 Å². The van der Waals surface area contributed by atoms with Gasteiger partial charge >= 0.3 is 6.09 Å². The highest BCUT2D eigenvalue weighted by Crippen LogP contribution is 2.43. The minimum Gasteiger partial charge on any atom is -0.492 e. The van der Waals surface area contributed by atoms with E-state index < -0.39 is 35.5 Å². The Morgan fingerprint density at radius 2 is 2.03 bits per heavy atom. The molecule has 1 aromatic carbocycles. The fraction of sp³-hybridized carbons (Fsp3) is 0.667. The van der Waals surface area contributed by atoms with Crippen LogP contribution in [0.4, 0.5) is 9.18 Å². The van der Waals surface area contributed by atoms with Gasteiger partial charge in [-0.25, -0.2) is 9.18 Å². The third-order valence-corrected chi connectivity index (χ3v) is 7.26. The molecule has 3 fully saturated rings. The molecule has 2 N–H and O–H groups in total. The summed E-state index contributed by atoms with van der Waals surface area (Å²) in [4.78, 5) is 29.9. The van der Waals surface area contributed by atoms with Crippen LogP contribution in [0.2, 0.25) is 0 Å². The maximum absolute atomic E-state index is 14.8. The monoisotopic (exact) mass is 515 g/mol. The van der Waals surface area contributed by atoms with Gasteiger partial charge in [0, 0.05) is 51.3 Å². The van der Waals surface area contributed by atoms with Gasteiger partial charge in [-0.3, -0.25) is 14.6 Å². The van der Waals surface area contributed by atoms with Crippen molar-refractivity contribution in [3.05, 3.63) is 29.6 Å². The minimum atomic E-state index is -0.930. The maximum Gasteiger partial charge on any atom is 0.411 e. The van der Waals surface area contributed by atoms with Crippen molar-refractivity contribution in [2.45, 2.75) is 70.2 Å². The standard InChI is InChI=1S/C27H38FN5O4/c1-27(2,3)37-26(35)33-21-6-4-19(15-21)24(33)25(34)31-20(17-29)14-18-5-7-22(16-23(18)28)36-13-12-32-10-8-30-9-11-32/h5,7,16,19-21,24,30H,4,6,8-15H2,1-3H3,(H,31,34). The number of ether oxygens (including phenoxy) is 2. The summed E-state index contributed by atoms with van der Waals surface area (Å²) in [6, 6.07) is 5.03. The zero-order valence-electron chi connectivity index (χ0n) is 22.0. The van der Waals surface area contributed by atoms with Gasteiger partial charge in [0.25, 0.3) is 0 Å². The van der Waals surface area contributed by atoms with Crippen molar-refractivity contribution in [1.82, 2.24) is 20.4 Å². The van der Waals surface area contributed by atoms with Crippen LogP contribution in [0, 0.1) is 23.1 Å². The predicted octanol–water partition coefficient (Wildman–Crippen LogP) is 2.45. The number of nitrogens with one attached hydrogen (secondary N) is 2. The molecule has 1 saturated carbocycles. The number of hydrogen-bond acceptors (Lipinski definition) is 7. The lowest BCUT2D eigenvalue weighted by molar-refractivity contribution is -0.128. The summed E-state index contributed by atoms with van der Waals surface area (Å²) in [5, 5.41) is 15.7. The van der Waals surface area contributed by atoms with Crippen molar-refractivity contribution in [3.8, 4) is 11.8 Å². The molecular weight excluding hydrogens is 477 g/mol. The van der Waals surface area contributed by atoms with E-state index >= 15 is 0 Å². The SMILES string of the molecule is CC(C)(C)OC(=O)N1C2CCC(C2)C1C(=O)NC(C#N)Cc1ccc(OCCN2CCNCC2)cc1F. The summed E-state index contributed by atoms with van der Waals surface area (Å²) in [6.45, 7) is 10.5. The maximum atomic E-state index is 14.8. The first-order valence-corrected chi connectivity index (χ1v) is 13.2. The molecule has 2 bridgehead atoms. The average molecular weight is 516 g/mol. The number of amides is 2. The summed E-state index contributed by atoms with van der Waals surface area (Å²) in [5.74, 6) is -0.405. The fourth-order valence-corrected chi connectivity index (χ4v) is 5.52. The van der Waals surface area contributed by atoms with Gasteiger partial charge in [-0.15, -0.1) is 0 Å². The van der Waals surface area contributed by atoms with E-state index in [0.717, 1.165) is 52.0 Å². The second-order valence-corrected chi connectivity index (χ2v) is 11.1. The number of likely N-dealkylation sites (tertiary alicyclic amines) is 1. The molecule has 0 aromatic heterocycles. The molecule has 2 amide bonds. The molecule has 9 nitrogen and oxygen atoms in total. The molecule has 4 atom stereocenters. The summed E-state index contributed by atoms with van der Waals surface area (Å²) in [6.07, 6.45) is 1.95. The van der Waals surface area contributed by atoms with Crippen LogP contribution in [0.1, 0.15) is 45.6 Å². The molecule has 2 saturated heterocycles. The van der Waals surface area contributed by atoms with Gasteiger partial charge in [-0.1, -0.05) is 6.07 Å². The molecule has 1 aromatic rings. The fourth-order valence-electron chi connectivity index (χ4n) is 5.52. The van der Waals surface area contributed by atoms with Crippen LogP contribution >= 0.6 is 0 Å². The topological polar surface area (TPSA) is 107 Å². The Labute approximate surface area is 218 Å². The number of benzene rings is 1. The normalized spacial score (nSPS) is 24.4. The molecule has 0 spiro atoms. The van der Waals surface area contributed by atoms with Gasteiger partial charge in [0.05, 0.1) is 6.07 Å². The van der Waals surface area contributed by atoms with Gasteiger partial charge in [0.15, 0.2) is 0 Å². The van der Waals surface area contributed by atoms with Crippen LogP contribution in [0.25, 0.3) is 0 Å². The Morgan fingerprint density at radius 1 is 1.27 bits per heavy atom. The molecule has 4 unspecified atom stereocenters. The summed E-state index contributed by atoms with van der Waals surface area (Å²) in [5.41, 5.74) is -0.355. The van der Waals surface area contributed by atoms with E-state index in [-0.39, 0.29) is 18.4 Å². The highest BCUT2D eigenvalue weighted by molar-refractivity contribution is 5.87. The highest BCUT2D eigenvalue weighted by atomic mass is 19.1. The lowest BCUT2D eigenvalue weighted by atomic mass is 9.97. The first-order chi connectivity index (χ1) is 17.6. The average Bonchev–Trinajstić information content (AvgIpc) is 3.47. The zero-order chi connectivity index (χ0) is 26.6. The lowest BCUT2D eigenvalue weighted by Crippen LogP contribution is -2.55. The molecule has 10 heteroatoms. The number of carbonyl (C=O) groups is 2. The second-order valence-electron chi connectivity index (χ2n) is 11.1. The number of rotatable bonds is 8. The van der Waals surface area contributed by atoms with Gasteiger partial charge in [0.2, 0.25) is 5.91 Å². The Balaban J connectivity index is 1.33. The quantitative estimate of drug-likeness (QED) is 0.548. The molecule has 4 rings (SSSR count). The molecule has 1 aliphatic carbocycles. The third-order valence-electron chi connectivity index (χ3n) is 7.26. The van der Waals surface area contributed by atoms with E-state index in [1.165, 1.54) is 11.0 Å². The number of piperazine rings is 1. The number of nitrogens with zero attached hydrogens (tertiary/aromatic N) is 3. The minimum absolute atomic E-state index is 0.0163. The summed E-state index contributed by atoms with van der Waals surface area (Å²) >= 11 is 0. The van der Waals surface area contributed by atoms with Crippen LogP contribution < -0.4 is 15.4 Å². The van der Waals surface area contributed by atoms with Crippen LogP contribution in [0.15, 0.2) is 18.2 Å². The highest BCUT2D eigenvalue weighted by Gasteiger charge is 2.52. The van der Waals surface area contributed by atoms with E-state index in [1.54, 1.807) is 32.9 Å². The van der Waals surface area contributed by atoms with Crippen LogP contribution in [-0.2, 0) is 16.0 Å². The number of hydrogen-bond donors (Lipinski definition) is 2. The Kier molecular flexibility index (Phi) is 8.55. The van der Waals surface area contributed by atoms with Crippen molar-refractivity contribution in [1.29, 1.82) is 5.26 Å². The van der Waals surface area contributed by atoms with E-state index in [4.69, 9.17) is 9.47 Å². The molecule has 202 valence electrons. The lowest BCUT2D eigenvalue weighted by Gasteiger charge is -2.35. The van der Waals surface area contributed by atoms with Gasteiger partial charge < -0.3 is 20.1 Å². The molecule has 37 heavy (non-hydrogen) atoms. The number of halogens is 1. The first-order valence-electron chi connectivity index (χ1n) is 13.2. The first kappa shape index (κ1) is 27.1. The largest absolute Gasteiger partial charge is 0.492 e. The van der Waals surface area contributed by atoms with Crippen LogP contribution in [0.3, 0.4) is 0 Å². The Morgan fingerprint density at radius 3 is 2.70 bits per heavy atom. The van der Waals surface area contributed by atoms with Crippen molar-refractivity contribution in [2.24, 2.45) is 5.92 Å². The molecule has 3 aliphatic rings. The molecule has 2 heterocycles. The smallest absolute Gasteiger partial charge is 0.411 e. The van der Waals surface area contributed by atoms with Gasteiger partial charge in [0.1, 0.15) is 35.9 Å². The molecule has 0 radical (unpaired) electrons. The van der Waals surface area contributed by atoms with E-state index in [2.05, 4.69) is 21.6 Å². The Bertz CT molecular complexity index is 1020. The van der Waals surface area contributed by atoms with Crippen molar-refractivity contribution in [2.75, 3.05) is 39.3 Å². The third kappa shape index (κ3) is 6.90. The van der Waals surface area contributed by atoms with E-state index in [0.29, 0.717) is 17.9 Å². The van der Waals surface area contributed by atoms with Crippen molar-refractivity contribution < 1.29 is 23.5 Å². The number of nitriles is 1. The number of fused-ring (bicyclic) bond motifs is 2. The van der Waals surface area contributed by atoms with Gasteiger partial charge in [-0.05, 0) is 57.6 Å². The van der Waals surface area contributed by atoms with Gasteiger partial charge in [-0.2, -0.15) is 5.26 Å². The van der Waals surface area contributed by atoms with E-state index in [1.807, 2.05) is 0 Å². The van der Waals surface area contributed by atoms with Crippen LogP contribution in [-0.4, -0.2) is 84.9 Å². The van der Waals surface area contributed by atoms with Crippen molar-refractivity contribution >= 4 is 12.0 Å². The number of piperidine rings is 1. The summed E-state index contributed by atoms with van der Waals surface area (Å²) in [7, 11) is 0. The van der Waals surface area contributed by atoms with Crippen LogP contribution in [0.5, 0.6) is 5.75 Å². The molecular formula is C27H38FN5O4. The molecule has 2 aliphatic heterocycles. The number of carbonyl (C=O) groups excluding carboxylic acids is 2. The zero-order valence-corrected chi connectivity index (χ0v) is 22.0. The second kappa shape index (κ2) is 11.7.